The number of aromatic nitrogens is 1. The molecule has 0 spiro atoms. The van der Waals surface area contributed by atoms with Crippen LogP contribution in [0.15, 0.2) is 5.38 Å². The summed E-state index contributed by atoms with van der Waals surface area (Å²) in [6, 6.07) is 2.18. The third kappa shape index (κ3) is 3.88. The molecule has 0 N–H and O–H groups in total. The predicted octanol–water partition coefficient (Wildman–Crippen LogP) is 2.83. The Morgan fingerprint density at radius 1 is 1.60 bits per heavy atom. The van der Waals surface area contributed by atoms with E-state index in [1.807, 2.05) is 6.92 Å². The Kier molecular flexibility index (Phi) is 4.57. The zero-order valence-electron chi connectivity index (χ0n) is 9.53. The molecule has 0 aliphatic heterocycles. The van der Waals surface area contributed by atoms with Gasteiger partial charge in [0.2, 0.25) is 0 Å². The Hall–Kier alpha value is -1.08. The van der Waals surface area contributed by atoms with Crippen molar-refractivity contribution in [2.45, 2.75) is 27.2 Å². The minimum absolute atomic E-state index is 0.561. The molecule has 82 valence electrons. The molecule has 3 nitrogen and oxygen atoms in total. The lowest BCUT2D eigenvalue weighted by atomic mass is 10.2. The smallest absolute Gasteiger partial charge is 0.185 e. The minimum atomic E-state index is 0.561. The Balaban J connectivity index is 2.67. The highest BCUT2D eigenvalue weighted by molar-refractivity contribution is 7.13. The highest BCUT2D eigenvalue weighted by Crippen LogP contribution is 2.21. The summed E-state index contributed by atoms with van der Waals surface area (Å²) in [5, 5.41) is 11.7. The molecule has 0 unspecified atom stereocenters. The molecular weight excluding hydrogens is 206 g/mol. The van der Waals surface area contributed by atoms with Gasteiger partial charge in [0.1, 0.15) is 0 Å². The van der Waals surface area contributed by atoms with Gasteiger partial charge in [-0.25, -0.2) is 4.98 Å². The molecule has 0 amide bonds. The number of nitriles is 1. The van der Waals surface area contributed by atoms with Gasteiger partial charge >= 0.3 is 0 Å². The molecule has 0 radical (unpaired) electrons. The van der Waals surface area contributed by atoms with Gasteiger partial charge in [0.05, 0.1) is 18.2 Å². The SMILES string of the molecule is Cc1csc(N(CCC#N)CC(C)C)n1. The van der Waals surface area contributed by atoms with Gasteiger partial charge in [0.15, 0.2) is 5.13 Å². The van der Waals surface area contributed by atoms with E-state index < -0.39 is 0 Å². The molecule has 0 fully saturated rings. The molecule has 1 rings (SSSR count). The molecule has 0 saturated heterocycles. The summed E-state index contributed by atoms with van der Waals surface area (Å²) in [6.07, 6.45) is 0.561. The highest BCUT2D eigenvalue weighted by atomic mass is 32.1. The summed E-state index contributed by atoms with van der Waals surface area (Å²) in [6.45, 7) is 8.10. The topological polar surface area (TPSA) is 39.9 Å². The zero-order valence-corrected chi connectivity index (χ0v) is 10.3. The second-order valence-electron chi connectivity index (χ2n) is 4.02. The molecule has 1 heterocycles. The second-order valence-corrected chi connectivity index (χ2v) is 4.86. The Bertz CT molecular complexity index is 338. The average molecular weight is 223 g/mol. The van der Waals surface area contributed by atoms with Crippen LogP contribution >= 0.6 is 11.3 Å². The molecule has 15 heavy (non-hydrogen) atoms. The van der Waals surface area contributed by atoms with Crippen molar-refractivity contribution in [1.29, 1.82) is 5.26 Å². The highest BCUT2D eigenvalue weighted by Gasteiger charge is 2.11. The van der Waals surface area contributed by atoms with Gasteiger partial charge in [0, 0.05) is 18.5 Å². The van der Waals surface area contributed by atoms with Crippen molar-refractivity contribution in [3.05, 3.63) is 11.1 Å². The van der Waals surface area contributed by atoms with Crippen molar-refractivity contribution >= 4 is 16.5 Å². The maximum Gasteiger partial charge on any atom is 0.185 e. The van der Waals surface area contributed by atoms with Gasteiger partial charge < -0.3 is 4.90 Å². The molecule has 0 atom stereocenters. The zero-order chi connectivity index (χ0) is 11.3. The van der Waals surface area contributed by atoms with Crippen LogP contribution in [0.5, 0.6) is 0 Å². The van der Waals surface area contributed by atoms with Crippen LogP contribution in [-0.2, 0) is 0 Å². The largest absolute Gasteiger partial charge is 0.347 e. The van der Waals surface area contributed by atoms with Crippen molar-refractivity contribution < 1.29 is 0 Å². The van der Waals surface area contributed by atoms with Crippen LogP contribution in [0.3, 0.4) is 0 Å². The first-order valence-corrected chi connectivity index (χ1v) is 6.05. The third-order valence-corrected chi connectivity index (χ3v) is 2.98. The number of rotatable bonds is 5. The maximum atomic E-state index is 8.61. The number of thiazole rings is 1. The third-order valence-electron chi connectivity index (χ3n) is 1.96. The Labute approximate surface area is 95.4 Å². The number of hydrogen-bond acceptors (Lipinski definition) is 4. The van der Waals surface area contributed by atoms with Crippen molar-refractivity contribution in [3.63, 3.8) is 0 Å². The summed E-state index contributed by atoms with van der Waals surface area (Å²) in [5.41, 5.74) is 1.06. The summed E-state index contributed by atoms with van der Waals surface area (Å²) < 4.78 is 0. The van der Waals surface area contributed by atoms with Crippen LogP contribution < -0.4 is 4.90 Å². The lowest BCUT2D eigenvalue weighted by Crippen LogP contribution is -2.28. The van der Waals surface area contributed by atoms with Crippen LogP contribution in [-0.4, -0.2) is 18.1 Å². The summed E-state index contributed by atoms with van der Waals surface area (Å²) in [7, 11) is 0. The van der Waals surface area contributed by atoms with E-state index in [4.69, 9.17) is 5.26 Å². The standard InChI is InChI=1S/C11H17N3S/c1-9(2)7-14(6-4-5-12)11-13-10(3)8-15-11/h8-9H,4,6-7H2,1-3H3. The van der Waals surface area contributed by atoms with Crippen molar-refractivity contribution in [2.24, 2.45) is 5.92 Å². The summed E-state index contributed by atoms with van der Waals surface area (Å²) >= 11 is 1.66. The molecule has 0 bridgehead atoms. The fraction of sp³-hybridized carbons (Fsp3) is 0.636. The number of anilines is 1. The second kappa shape index (κ2) is 5.72. The fourth-order valence-corrected chi connectivity index (χ4v) is 2.22. The van der Waals surface area contributed by atoms with Crippen LogP contribution in [0, 0.1) is 24.2 Å². The normalized spacial score (nSPS) is 10.3. The van der Waals surface area contributed by atoms with Gasteiger partial charge in [-0.2, -0.15) is 5.26 Å². The van der Waals surface area contributed by atoms with Crippen LogP contribution in [0.1, 0.15) is 26.0 Å². The van der Waals surface area contributed by atoms with Gasteiger partial charge in [0.25, 0.3) is 0 Å². The summed E-state index contributed by atoms with van der Waals surface area (Å²) in [5.74, 6) is 0.591. The average Bonchev–Trinajstić information content (AvgIpc) is 2.58. The molecule has 0 aliphatic rings. The summed E-state index contributed by atoms with van der Waals surface area (Å²) in [4.78, 5) is 6.65. The van der Waals surface area contributed by atoms with Gasteiger partial charge in [-0.05, 0) is 12.8 Å². The Morgan fingerprint density at radius 2 is 2.33 bits per heavy atom. The molecule has 1 aromatic heterocycles. The van der Waals surface area contributed by atoms with E-state index in [0.717, 1.165) is 23.9 Å². The molecular formula is C11H17N3S. The predicted molar refractivity (Wildman–Crippen MR) is 64.1 cm³/mol. The van der Waals surface area contributed by atoms with Gasteiger partial charge in [-0.3, -0.25) is 0 Å². The van der Waals surface area contributed by atoms with Crippen molar-refractivity contribution in [1.82, 2.24) is 4.98 Å². The lowest BCUT2D eigenvalue weighted by molar-refractivity contribution is 0.611. The molecule has 0 saturated carbocycles. The van der Waals surface area contributed by atoms with Crippen LogP contribution in [0.25, 0.3) is 0 Å². The van der Waals surface area contributed by atoms with Gasteiger partial charge in [-0.15, -0.1) is 11.3 Å². The number of hydrogen-bond donors (Lipinski definition) is 0. The first kappa shape index (κ1) is 12.0. The van der Waals surface area contributed by atoms with E-state index in [9.17, 15) is 0 Å². The van der Waals surface area contributed by atoms with E-state index >= 15 is 0 Å². The van der Waals surface area contributed by atoms with Gasteiger partial charge in [-0.1, -0.05) is 13.8 Å². The molecule has 0 aromatic carbocycles. The van der Waals surface area contributed by atoms with E-state index in [1.165, 1.54) is 0 Å². The van der Waals surface area contributed by atoms with E-state index in [0.29, 0.717) is 12.3 Å². The van der Waals surface area contributed by atoms with Crippen molar-refractivity contribution in [3.8, 4) is 6.07 Å². The number of nitrogens with zero attached hydrogens (tertiary/aromatic N) is 3. The lowest BCUT2D eigenvalue weighted by Gasteiger charge is -2.22. The van der Waals surface area contributed by atoms with Crippen molar-refractivity contribution in [2.75, 3.05) is 18.0 Å². The minimum Gasteiger partial charge on any atom is -0.347 e. The first-order valence-electron chi connectivity index (χ1n) is 5.17. The number of aryl methyl sites for hydroxylation is 1. The quantitative estimate of drug-likeness (QED) is 0.770. The van der Waals surface area contributed by atoms with Crippen LogP contribution in [0.2, 0.25) is 0 Å². The monoisotopic (exact) mass is 223 g/mol. The first-order chi connectivity index (χ1) is 7.13. The molecule has 4 heteroatoms. The van der Waals surface area contributed by atoms with E-state index in [2.05, 4.69) is 35.2 Å². The Morgan fingerprint density at radius 3 is 2.80 bits per heavy atom. The van der Waals surface area contributed by atoms with Crippen LogP contribution in [0.4, 0.5) is 5.13 Å². The maximum absolute atomic E-state index is 8.61. The van der Waals surface area contributed by atoms with E-state index in [1.54, 1.807) is 11.3 Å². The van der Waals surface area contributed by atoms with E-state index in [-0.39, 0.29) is 0 Å². The molecule has 0 aliphatic carbocycles. The molecule has 1 aromatic rings. The fourth-order valence-electron chi connectivity index (χ4n) is 1.38.